The van der Waals surface area contributed by atoms with Crippen LogP contribution in [-0.2, 0) is 0 Å². The fourth-order valence-corrected chi connectivity index (χ4v) is 2.06. The fraction of sp³-hybridized carbons (Fsp3) is 0.583. The molecule has 0 aliphatic rings. The number of hydrogen-bond acceptors (Lipinski definition) is 6. The molecule has 0 bridgehead atoms. The zero-order valence-corrected chi connectivity index (χ0v) is 11.8. The normalized spacial score (nSPS) is 13.1. The minimum atomic E-state index is 0.215. The number of rotatable bonds is 5. The van der Waals surface area contributed by atoms with Crippen LogP contribution in [0.1, 0.15) is 19.4 Å². The van der Waals surface area contributed by atoms with E-state index in [9.17, 15) is 0 Å². The van der Waals surface area contributed by atoms with Crippen LogP contribution >= 0.6 is 0 Å². The molecule has 0 saturated heterocycles. The van der Waals surface area contributed by atoms with Crippen LogP contribution in [0.4, 0.5) is 5.95 Å². The molecular formula is C12H20N6O. The molecule has 104 valence electrons. The SMILES string of the molecule is COc1ncnc2c1nc(N)n2C(C)CCN(C)C. The summed E-state index contributed by atoms with van der Waals surface area (Å²) in [6.07, 6.45) is 2.44. The van der Waals surface area contributed by atoms with Gasteiger partial charge in [-0.15, -0.1) is 0 Å². The van der Waals surface area contributed by atoms with Gasteiger partial charge in [0.1, 0.15) is 6.33 Å². The number of nitrogen functional groups attached to an aromatic ring is 1. The van der Waals surface area contributed by atoms with Gasteiger partial charge in [-0.25, -0.2) is 9.97 Å². The first-order valence-corrected chi connectivity index (χ1v) is 6.21. The van der Waals surface area contributed by atoms with Crippen LogP contribution in [0.3, 0.4) is 0 Å². The number of fused-ring (bicyclic) bond motifs is 1. The Morgan fingerprint density at radius 1 is 1.42 bits per heavy atom. The van der Waals surface area contributed by atoms with Crippen LogP contribution in [0.15, 0.2) is 6.33 Å². The van der Waals surface area contributed by atoms with E-state index in [1.54, 1.807) is 7.11 Å². The van der Waals surface area contributed by atoms with Crippen LogP contribution in [-0.4, -0.2) is 52.2 Å². The summed E-state index contributed by atoms with van der Waals surface area (Å²) in [5, 5.41) is 0. The summed E-state index contributed by atoms with van der Waals surface area (Å²) in [5.41, 5.74) is 7.33. The van der Waals surface area contributed by atoms with E-state index >= 15 is 0 Å². The summed E-state index contributed by atoms with van der Waals surface area (Å²) in [7, 11) is 5.66. The van der Waals surface area contributed by atoms with E-state index in [2.05, 4.69) is 26.8 Å². The Hall–Kier alpha value is -1.89. The highest BCUT2D eigenvalue weighted by molar-refractivity contribution is 5.79. The summed E-state index contributed by atoms with van der Waals surface area (Å²) >= 11 is 0. The molecule has 0 aliphatic heterocycles. The van der Waals surface area contributed by atoms with Crippen molar-refractivity contribution in [2.45, 2.75) is 19.4 Å². The molecule has 19 heavy (non-hydrogen) atoms. The molecule has 1 atom stereocenters. The molecule has 2 heterocycles. The molecule has 2 rings (SSSR count). The lowest BCUT2D eigenvalue weighted by molar-refractivity contribution is 0.361. The second-order valence-electron chi connectivity index (χ2n) is 4.84. The van der Waals surface area contributed by atoms with Gasteiger partial charge >= 0.3 is 0 Å². The molecule has 0 radical (unpaired) electrons. The molecule has 0 spiro atoms. The van der Waals surface area contributed by atoms with Crippen LogP contribution < -0.4 is 10.5 Å². The molecule has 0 aromatic carbocycles. The van der Waals surface area contributed by atoms with Crippen molar-refractivity contribution in [3.63, 3.8) is 0 Å². The van der Waals surface area contributed by atoms with Gasteiger partial charge in [-0.05, 0) is 34.0 Å². The highest BCUT2D eigenvalue weighted by Gasteiger charge is 2.18. The molecule has 7 heteroatoms. The van der Waals surface area contributed by atoms with Crippen LogP contribution in [0, 0.1) is 0 Å². The Balaban J connectivity index is 2.40. The smallest absolute Gasteiger partial charge is 0.245 e. The average molecular weight is 264 g/mol. The van der Waals surface area contributed by atoms with Crippen molar-refractivity contribution in [1.29, 1.82) is 0 Å². The maximum atomic E-state index is 6.00. The Bertz CT molecular complexity index is 565. The Morgan fingerprint density at radius 3 is 2.79 bits per heavy atom. The van der Waals surface area contributed by atoms with Crippen molar-refractivity contribution < 1.29 is 4.74 Å². The topological polar surface area (TPSA) is 82.1 Å². The van der Waals surface area contributed by atoms with Gasteiger partial charge in [0.25, 0.3) is 0 Å². The first-order valence-electron chi connectivity index (χ1n) is 6.21. The van der Waals surface area contributed by atoms with E-state index in [1.807, 2.05) is 18.7 Å². The van der Waals surface area contributed by atoms with E-state index in [1.165, 1.54) is 6.33 Å². The highest BCUT2D eigenvalue weighted by atomic mass is 16.5. The highest BCUT2D eigenvalue weighted by Crippen LogP contribution is 2.27. The van der Waals surface area contributed by atoms with Gasteiger partial charge in [0, 0.05) is 6.04 Å². The minimum absolute atomic E-state index is 0.215. The third kappa shape index (κ3) is 2.60. The maximum Gasteiger partial charge on any atom is 0.245 e. The van der Waals surface area contributed by atoms with Crippen molar-refractivity contribution in [2.75, 3.05) is 33.5 Å². The zero-order chi connectivity index (χ0) is 14.0. The lowest BCUT2D eigenvalue weighted by Crippen LogP contribution is -2.18. The Kier molecular flexibility index (Phi) is 3.84. The number of nitrogens with two attached hydrogens (primary N) is 1. The van der Waals surface area contributed by atoms with Gasteiger partial charge in [-0.1, -0.05) is 0 Å². The van der Waals surface area contributed by atoms with Gasteiger partial charge in [0.05, 0.1) is 7.11 Å². The van der Waals surface area contributed by atoms with Crippen molar-refractivity contribution in [2.24, 2.45) is 0 Å². The van der Waals surface area contributed by atoms with E-state index in [4.69, 9.17) is 10.5 Å². The molecule has 1 unspecified atom stereocenters. The van der Waals surface area contributed by atoms with Gasteiger partial charge in [-0.3, -0.25) is 4.57 Å². The fourth-order valence-electron chi connectivity index (χ4n) is 2.06. The summed E-state index contributed by atoms with van der Waals surface area (Å²) in [4.78, 5) is 14.8. The second kappa shape index (κ2) is 5.40. The summed E-state index contributed by atoms with van der Waals surface area (Å²) in [6, 6.07) is 0.215. The quantitative estimate of drug-likeness (QED) is 0.865. The van der Waals surface area contributed by atoms with E-state index < -0.39 is 0 Å². The first-order chi connectivity index (χ1) is 9.04. The molecule has 7 nitrogen and oxygen atoms in total. The molecule has 2 aromatic heterocycles. The third-order valence-corrected chi connectivity index (χ3v) is 3.10. The van der Waals surface area contributed by atoms with Crippen molar-refractivity contribution in [3.05, 3.63) is 6.33 Å². The number of nitrogens with zero attached hydrogens (tertiary/aromatic N) is 5. The van der Waals surface area contributed by atoms with Gasteiger partial charge in [0.2, 0.25) is 11.8 Å². The largest absolute Gasteiger partial charge is 0.479 e. The van der Waals surface area contributed by atoms with E-state index in [0.717, 1.165) is 18.6 Å². The number of anilines is 1. The molecule has 2 N–H and O–H groups in total. The third-order valence-electron chi connectivity index (χ3n) is 3.10. The molecule has 0 fully saturated rings. The monoisotopic (exact) mass is 264 g/mol. The average Bonchev–Trinajstić information content (AvgIpc) is 2.71. The lowest BCUT2D eigenvalue weighted by atomic mass is 10.2. The van der Waals surface area contributed by atoms with E-state index in [0.29, 0.717) is 17.3 Å². The molecule has 0 amide bonds. The Labute approximate surface area is 112 Å². The molecule has 2 aromatic rings. The molecular weight excluding hydrogens is 244 g/mol. The van der Waals surface area contributed by atoms with Gasteiger partial charge < -0.3 is 15.4 Å². The summed E-state index contributed by atoms with van der Waals surface area (Å²) in [5.74, 6) is 0.898. The van der Waals surface area contributed by atoms with Crippen molar-refractivity contribution in [1.82, 2.24) is 24.4 Å². The number of methoxy groups -OCH3 is 1. The summed E-state index contributed by atoms with van der Waals surface area (Å²) < 4.78 is 7.12. The van der Waals surface area contributed by atoms with E-state index in [-0.39, 0.29) is 6.04 Å². The van der Waals surface area contributed by atoms with Crippen LogP contribution in [0.5, 0.6) is 5.88 Å². The maximum absolute atomic E-state index is 6.00. The van der Waals surface area contributed by atoms with Gasteiger partial charge in [-0.2, -0.15) is 4.98 Å². The predicted molar refractivity (Wildman–Crippen MR) is 74.2 cm³/mol. The minimum Gasteiger partial charge on any atom is -0.479 e. The second-order valence-corrected chi connectivity index (χ2v) is 4.84. The summed E-state index contributed by atoms with van der Waals surface area (Å²) in [6.45, 7) is 3.08. The predicted octanol–water partition coefficient (Wildman–Crippen LogP) is 0.930. The first kappa shape index (κ1) is 13.5. The number of hydrogen-bond donors (Lipinski definition) is 1. The van der Waals surface area contributed by atoms with Crippen molar-refractivity contribution >= 4 is 17.1 Å². The Morgan fingerprint density at radius 2 is 2.16 bits per heavy atom. The number of ether oxygens (including phenoxy) is 1. The molecule has 0 aliphatic carbocycles. The van der Waals surface area contributed by atoms with Crippen molar-refractivity contribution in [3.8, 4) is 5.88 Å². The lowest BCUT2D eigenvalue weighted by Gasteiger charge is -2.17. The molecule has 0 saturated carbocycles. The number of imidazole rings is 1. The van der Waals surface area contributed by atoms with Gasteiger partial charge in [0.15, 0.2) is 11.2 Å². The standard InChI is InChI=1S/C12H20N6O/c1-8(5-6-17(2)3)18-10-9(16-12(18)13)11(19-4)15-7-14-10/h7-8H,5-6H2,1-4H3,(H2,13,16). The van der Waals surface area contributed by atoms with Crippen LogP contribution in [0.2, 0.25) is 0 Å². The van der Waals surface area contributed by atoms with Crippen LogP contribution in [0.25, 0.3) is 11.2 Å². The zero-order valence-electron chi connectivity index (χ0n) is 11.8. The number of aromatic nitrogens is 4.